The molecule has 4 aliphatic carbocycles. The van der Waals surface area contributed by atoms with Crippen LogP contribution in [-0.2, 0) is 9.59 Å². The summed E-state index contributed by atoms with van der Waals surface area (Å²) in [5, 5.41) is 9.45. The lowest BCUT2D eigenvalue weighted by Crippen LogP contribution is -2.60. The SMILES string of the molecule is C=C(C)C(=O)N(CC)C1C2CC3CC1CC(C2)C3C(=O)O. The van der Waals surface area contributed by atoms with Gasteiger partial charge in [0, 0.05) is 18.2 Å². The molecule has 0 radical (unpaired) electrons. The molecule has 1 amide bonds. The van der Waals surface area contributed by atoms with E-state index in [1.165, 1.54) is 0 Å². The van der Waals surface area contributed by atoms with Gasteiger partial charge in [0.2, 0.25) is 5.91 Å². The van der Waals surface area contributed by atoms with Crippen LogP contribution in [0.15, 0.2) is 12.2 Å². The van der Waals surface area contributed by atoms with Crippen LogP contribution in [-0.4, -0.2) is 34.5 Å². The van der Waals surface area contributed by atoms with Crippen molar-refractivity contribution in [1.82, 2.24) is 4.90 Å². The highest BCUT2D eigenvalue weighted by atomic mass is 16.4. The van der Waals surface area contributed by atoms with E-state index < -0.39 is 5.97 Å². The van der Waals surface area contributed by atoms with Crippen molar-refractivity contribution in [3.63, 3.8) is 0 Å². The molecule has 21 heavy (non-hydrogen) atoms. The Bertz CT molecular complexity index is 454. The minimum atomic E-state index is -0.606. The van der Waals surface area contributed by atoms with Crippen LogP contribution in [0.4, 0.5) is 0 Å². The summed E-state index contributed by atoms with van der Waals surface area (Å²) in [5.74, 6) is 0.985. The molecule has 4 saturated carbocycles. The van der Waals surface area contributed by atoms with E-state index in [0.717, 1.165) is 32.2 Å². The lowest BCUT2D eigenvalue weighted by molar-refractivity contribution is -0.165. The third-order valence-corrected chi connectivity index (χ3v) is 6.02. The van der Waals surface area contributed by atoms with Gasteiger partial charge in [0.05, 0.1) is 5.92 Å². The molecule has 0 heterocycles. The van der Waals surface area contributed by atoms with Gasteiger partial charge in [-0.3, -0.25) is 9.59 Å². The summed E-state index contributed by atoms with van der Waals surface area (Å²) in [7, 11) is 0. The zero-order valence-electron chi connectivity index (χ0n) is 12.9. The quantitative estimate of drug-likeness (QED) is 0.810. The first-order valence-electron chi connectivity index (χ1n) is 8.13. The molecule has 4 heteroatoms. The van der Waals surface area contributed by atoms with E-state index in [2.05, 4.69) is 6.58 Å². The minimum Gasteiger partial charge on any atom is -0.481 e. The van der Waals surface area contributed by atoms with Gasteiger partial charge in [0.25, 0.3) is 0 Å². The number of aliphatic carboxylic acids is 1. The molecule has 1 N–H and O–H groups in total. The average molecular weight is 291 g/mol. The maximum absolute atomic E-state index is 12.4. The maximum Gasteiger partial charge on any atom is 0.307 e. The summed E-state index contributed by atoms with van der Waals surface area (Å²) in [6, 6.07) is 0.307. The number of carboxylic acids is 1. The molecule has 4 bridgehead atoms. The van der Waals surface area contributed by atoms with E-state index in [4.69, 9.17) is 0 Å². The molecular weight excluding hydrogens is 266 g/mol. The summed E-state index contributed by atoms with van der Waals surface area (Å²) in [6.45, 7) is 8.34. The zero-order valence-corrected chi connectivity index (χ0v) is 12.9. The molecule has 4 nitrogen and oxygen atoms in total. The number of carbonyl (C=O) groups excluding carboxylic acids is 1. The van der Waals surface area contributed by atoms with Gasteiger partial charge in [0.15, 0.2) is 0 Å². The molecule has 0 aliphatic heterocycles. The van der Waals surface area contributed by atoms with Crippen LogP contribution in [0.1, 0.15) is 39.5 Å². The van der Waals surface area contributed by atoms with Crippen LogP contribution in [0.5, 0.6) is 0 Å². The highest BCUT2D eigenvalue weighted by Gasteiger charge is 2.56. The van der Waals surface area contributed by atoms with E-state index in [0.29, 0.717) is 35.3 Å². The van der Waals surface area contributed by atoms with Gasteiger partial charge in [-0.05, 0) is 63.2 Å². The molecule has 0 aromatic heterocycles. The first-order valence-corrected chi connectivity index (χ1v) is 8.13. The van der Waals surface area contributed by atoms with E-state index in [1.54, 1.807) is 6.92 Å². The molecule has 0 unspecified atom stereocenters. The molecule has 4 rings (SSSR count). The van der Waals surface area contributed by atoms with Gasteiger partial charge in [-0.1, -0.05) is 6.58 Å². The van der Waals surface area contributed by atoms with Gasteiger partial charge in [-0.2, -0.15) is 0 Å². The fourth-order valence-corrected chi connectivity index (χ4v) is 5.50. The van der Waals surface area contributed by atoms with Crippen LogP contribution in [0, 0.1) is 29.6 Å². The molecule has 0 atom stereocenters. The maximum atomic E-state index is 12.4. The number of hydrogen-bond donors (Lipinski definition) is 1. The summed E-state index contributed by atoms with van der Waals surface area (Å²) in [5.41, 5.74) is 0.606. The van der Waals surface area contributed by atoms with Gasteiger partial charge < -0.3 is 10.0 Å². The third kappa shape index (κ3) is 2.19. The Labute approximate surface area is 126 Å². The summed E-state index contributed by atoms with van der Waals surface area (Å²) in [4.78, 5) is 25.9. The van der Waals surface area contributed by atoms with E-state index >= 15 is 0 Å². The normalized spacial score (nSPS) is 40.1. The largest absolute Gasteiger partial charge is 0.481 e. The third-order valence-electron chi connectivity index (χ3n) is 6.02. The molecule has 0 spiro atoms. The summed E-state index contributed by atoms with van der Waals surface area (Å²) < 4.78 is 0. The van der Waals surface area contributed by atoms with Crippen LogP contribution < -0.4 is 0 Å². The predicted octanol–water partition coefficient (Wildman–Crippen LogP) is 2.55. The number of hydrogen-bond acceptors (Lipinski definition) is 2. The Morgan fingerprint density at radius 1 is 1.10 bits per heavy atom. The number of rotatable bonds is 4. The topological polar surface area (TPSA) is 57.6 Å². The van der Waals surface area contributed by atoms with Gasteiger partial charge in [-0.25, -0.2) is 0 Å². The molecule has 4 aliphatic rings. The number of amides is 1. The summed E-state index contributed by atoms with van der Waals surface area (Å²) in [6.07, 6.45) is 3.92. The fraction of sp³-hybridized carbons (Fsp3) is 0.765. The number of nitrogens with zero attached hydrogens (tertiary/aromatic N) is 1. The van der Waals surface area contributed by atoms with Crippen molar-refractivity contribution in [3.05, 3.63) is 12.2 Å². The fourth-order valence-electron chi connectivity index (χ4n) is 5.50. The first kappa shape index (κ1) is 14.6. The number of carbonyl (C=O) groups is 2. The van der Waals surface area contributed by atoms with Crippen molar-refractivity contribution in [1.29, 1.82) is 0 Å². The van der Waals surface area contributed by atoms with Crippen molar-refractivity contribution in [2.24, 2.45) is 29.6 Å². The Kier molecular flexibility index (Phi) is 3.58. The second-order valence-corrected chi connectivity index (χ2v) is 7.21. The lowest BCUT2D eigenvalue weighted by Gasteiger charge is -2.59. The standard InChI is InChI=1S/C17H25NO3/c1-4-18(16(19)9(2)3)15-12-5-10-6-13(15)8-11(7-12)14(10)17(20)21/h10-15H,2,4-8H2,1,3H3,(H,20,21). The van der Waals surface area contributed by atoms with Crippen molar-refractivity contribution in [3.8, 4) is 0 Å². The molecule has 0 aromatic rings. The van der Waals surface area contributed by atoms with Crippen LogP contribution in [0.3, 0.4) is 0 Å². The Morgan fingerprint density at radius 2 is 1.57 bits per heavy atom. The Balaban J connectivity index is 1.82. The smallest absolute Gasteiger partial charge is 0.307 e. The van der Waals surface area contributed by atoms with Crippen LogP contribution >= 0.6 is 0 Å². The minimum absolute atomic E-state index is 0.0739. The molecule has 0 saturated heterocycles. The van der Waals surface area contributed by atoms with Crippen molar-refractivity contribution in [2.45, 2.75) is 45.6 Å². The Morgan fingerprint density at radius 3 is 1.90 bits per heavy atom. The number of likely N-dealkylation sites (N-methyl/N-ethyl adjacent to an activating group) is 1. The molecule has 0 aromatic carbocycles. The zero-order chi connectivity index (χ0) is 15.3. The second-order valence-electron chi connectivity index (χ2n) is 7.21. The highest BCUT2D eigenvalue weighted by Crippen LogP contribution is 2.57. The molecule has 4 fully saturated rings. The molecular formula is C17H25NO3. The van der Waals surface area contributed by atoms with E-state index in [-0.39, 0.29) is 11.8 Å². The van der Waals surface area contributed by atoms with Crippen molar-refractivity contribution in [2.75, 3.05) is 6.54 Å². The van der Waals surface area contributed by atoms with Crippen molar-refractivity contribution < 1.29 is 14.7 Å². The summed E-state index contributed by atoms with van der Waals surface area (Å²) >= 11 is 0. The van der Waals surface area contributed by atoms with E-state index in [9.17, 15) is 14.7 Å². The highest BCUT2D eigenvalue weighted by molar-refractivity contribution is 5.92. The van der Waals surface area contributed by atoms with E-state index in [1.807, 2.05) is 11.8 Å². The monoisotopic (exact) mass is 291 g/mol. The van der Waals surface area contributed by atoms with Gasteiger partial charge in [-0.15, -0.1) is 0 Å². The molecule has 116 valence electrons. The van der Waals surface area contributed by atoms with Gasteiger partial charge in [0.1, 0.15) is 0 Å². The predicted molar refractivity (Wildman–Crippen MR) is 79.5 cm³/mol. The van der Waals surface area contributed by atoms with Crippen LogP contribution in [0.2, 0.25) is 0 Å². The lowest BCUT2D eigenvalue weighted by atomic mass is 9.49. The van der Waals surface area contributed by atoms with Gasteiger partial charge >= 0.3 is 5.97 Å². The average Bonchev–Trinajstić information content (AvgIpc) is 2.40. The second kappa shape index (κ2) is 5.15. The van der Waals surface area contributed by atoms with Crippen molar-refractivity contribution >= 4 is 11.9 Å². The van der Waals surface area contributed by atoms with Crippen LogP contribution in [0.25, 0.3) is 0 Å². The first-order chi connectivity index (χ1) is 9.93. The number of carboxylic acid groups (broad SMARTS) is 1. The Hall–Kier alpha value is -1.32.